The van der Waals surface area contributed by atoms with Crippen molar-refractivity contribution in [2.24, 2.45) is 0 Å². The minimum absolute atomic E-state index is 0.00635. The molecule has 1 aliphatic rings. The molecule has 0 aliphatic carbocycles. The van der Waals surface area contributed by atoms with Crippen LogP contribution in [-0.2, 0) is 17.5 Å². The van der Waals surface area contributed by atoms with Gasteiger partial charge in [-0.25, -0.2) is 14.8 Å². The lowest BCUT2D eigenvalue weighted by Crippen LogP contribution is -2.39. The lowest BCUT2D eigenvalue weighted by atomic mass is 10.1. The first-order valence-corrected chi connectivity index (χ1v) is 9.52. The molecule has 8 nitrogen and oxygen atoms in total. The van der Waals surface area contributed by atoms with E-state index in [9.17, 15) is 18.0 Å². The van der Waals surface area contributed by atoms with Gasteiger partial charge in [-0.3, -0.25) is 0 Å². The van der Waals surface area contributed by atoms with Gasteiger partial charge < -0.3 is 19.9 Å². The van der Waals surface area contributed by atoms with Crippen LogP contribution in [0, 0.1) is 0 Å². The molecule has 4 rings (SSSR count). The summed E-state index contributed by atoms with van der Waals surface area (Å²) in [5.74, 6) is -1.66. The smallest absolute Gasteiger partial charge is 0.423 e. The van der Waals surface area contributed by atoms with Gasteiger partial charge in [0.2, 0.25) is 11.8 Å². The van der Waals surface area contributed by atoms with E-state index in [0.717, 1.165) is 11.1 Å². The monoisotopic (exact) mass is 446 g/mol. The van der Waals surface area contributed by atoms with Crippen LogP contribution in [0.1, 0.15) is 21.6 Å². The number of carboxylic acid groups (broad SMARTS) is 1. The molecule has 3 aromatic rings. The molecule has 0 spiro atoms. The van der Waals surface area contributed by atoms with Gasteiger partial charge in [0.15, 0.2) is 0 Å². The first-order valence-electron chi connectivity index (χ1n) is 9.52. The van der Waals surface area contributed by atoms with Gasteiger partial charge in [-0.15, -0.1) is 0 Å². The molecule has 0 unspecified atom stereocenters. The largest absolute Gasteiger partial charge is 0.477 e. The molecular formula is C21H17F3N4O4. The molecule has 0 radical (unpaired) electrons. The number of pyridine rings is 1. The van der Waals surface area contributed by atoms with Crippen LogP contribution in [0.15, 0.2) is 48.7 Å². The fourth-order valence-corrected chi connectivity index (χ4v) is 2.86. The molecule has 1 saturated heterocycles. The molecule has 2 aromatic heterocycles. The highest BCUT2D eigenvalue weighted by molar-refractivity contribution is 5.86. The molecule has 0 amide bonds. The molecule has 3 heterocycles. The Morgan fingerprint density at radius 2 is 1.91 bits per heavy atom. The lowest BCUT2D eigenvalue weighted by Gasteiger charge is -2.27. The third-order valence-corrected chi connectivity index (χ3v) is 4.61. The van der Waals surface area contributed by atoms with E-state index in [2.05, 4.69) is 20.3 Å². The number of ether oxygens (including phenoxy) is 2. The first kappa shape index (κ1) is 21.5. The van der Waals surface area contributed by atoms with Crippen molar-refractivity contribution in [3.63, 3.8) is 0 Å². The lowest BCUT2D eigenvalue weighted by molar-refractivity contribution is -0.142. The van der Waals surface area contributed by atoms with E-state index >= 15 is 0 Å². The van der Waals surface area contributed by atoms with E-state index in [0.29, 0.717) is 11.9 Å². The van der Waals surface area contributed by atoms with Gasteiger partial charge in [0, 0.05) is 18.3 Å². The van der Waals surface area contributed by atoms with Gasteiger partial charge in [-0.2, -0.15) is 18.2 Å². The quantitative estimate of drug-likeness (QED) is 0.567. The molecule has 0 bridgehead atoms. The van der Waals surface area contributed by atoms with Crippen molar-refractivity contribution in [1.29, 1.82) is 0 Å². The Labute approximate surface area is 180 Å². The van der Waals surface area contributed by atoms with Crippen LogP contribution in [0.25, 0.3) is 11.3 Å². The predicted octanol–water partition coefficient (Wildman–Crippen LogP) is 3.65. The first-order chi connectivity index (χ1) is 15.3. The van der Waals surface area contributed by atoms with Crippen LogP contribution >= 0.6 is 0 Å². The van der Waals surface area contributed by atoms with E-state index in [-0.39, 0.29) is 31.4 Å². The highest BCUT2D eigenvalue weighted by atomic mass is 19.4. The number of rotatable bonds is 7. The number of halogens is 3. The van der Waals surface area contributed by atoms with Crippen LogP contribution in [0.4, 0.5) is 19.1 Å². The molecule has 11 heteroatoms. The van der Waals surface area contributed by atoms with Crippen molar-refractivity contribution in [2.75, 3.05) is 18.5 Å². The maximum absolute atomic E-state index is 13.2. The molecule has 166 valence electrons. The Morgan fingerprint density at radius 1 is 1.16 bits per heavy atom. The van der Waals surface area contributed by atoms with Crippen LogP contribution in [-0.4, -0.2) is 45.3 Å². The van der Waals surface area contributed by atoms with Crippen molar-refractivity contribution < 1.29 is 32.5 Å². The summed E-state index contributed by atoms with van der Waals surface area (Å²) in [4.78, 5) is 22.8. The normalized spacial score (nSPS) is 14.0. The molecule has 1 aromatic carbocycles. The third kappa shape index (κ3) is 4.94. The Morgan fingerprint density at radius 3 is 2.53 bits per heavy atom. The summed E-state index contributed by atoms with van der Waals surface area (Å²) in [5.41, 5.74) is 0.939. The van der Waals surface area contributed by atoms with E-state index in [4.69, 9.17) is 14.6 Å². The molecule has 2 N–H and O–H groups in total. The number of carbonyl (C=O) groups is 1. The predicted molar refractivity (Wildman–Crippen MR) is 106 cm³/mol. The van der Waals surface area contributed by atoms with E-state index in [1.54, 1.807) is 36.4 Å². The molecular weight excluding hydrogens is 429 g/mol. The number of benzene rings is 1. The minimum Gasteiger partial charge on any atom is -0.477 e. The van der Waals surface area contributed by atoms with Crippen molar-refractivity contribution in [2.45, 2.75) is 18.8 Å². The molecule has 0 atom stereocenters. The molecule has 1 aliphatic heterocycles. The number of carboxylic acids is 1. The Hall–Kier alpha value is -3.73. The summed E-state index contributed by atoms with van der Waals surface area (Å²) >= 11 is 0. The van der Waals surface area contributed by atoms with Crippen molar-refractivity contribution in [3.05, 3.63) is 65.5 Å². The fourth-order valence-electron chi connectivity index (χ4n) is 2.86. The van der Waals surface area contributed by atoms with Crippen LogP contribution < -0.4 is 10.1 Å². The summed E-state index contributed by atoms with van der Waals surface area (Å²) < 4.78 is 49.8. The number of alkyl halides is 3. The maximum Gasteiger partial charge on any atom is 0.423 e. The number of nitrogens with zero attached hydrogens (tertiary/aromatic N) is 3. The number of hydrogen-bond acceptors (Lipinski definition) is 7. The second-order valence-corrected chi connectivity index (χ2v) is 6.95. The van der Waals surface area contributed by atoms with Gasteiger partial charge in [-0.1, -0.05) is 30.3 Å². The SMILES string of the molecule is O=C(O)c1cccc(-c2ccc(CNc3ncc(C(F)(F)F)c(OC4COC4)n3)cc2)n1. The second-order valence-electron chi connectivity index (χ2n) is 6.95. The average molecular weight is 446 g/mol. The standard InChI is InChI=1S/C21H17F3N4O4/c22-21(23,24)15-9-26-20(28-18(15)32-14-10-31-11-14)25-8-12-4-6-13(7-5-12)16-2-1-3-17(27-16)19(29)30/h1-7,9,14H,8,10-11H2,(H,29,30)(H,25,26,28). The van der Waals surface area contributed by atoms with Crippen LogP contribution in [0.2, 0.25) is 0 Å². The van der Waals surface area contributed by atoms with Gasteiger partial charge in [0.05, 0.1) is 18.9 Å². The zero-order valence-electron chi connectivity index (χ0n) is 16.5. The summed E-state index contributed by atoms with van der Waals surface area (Å²) in [6.07, 6.45) is -4.42. The number of aromatic nitrogens is 3. The second kappa shape index (κ2) is 8.79. The summed E-state index contributed by atoms with van der Waals surface area (Å²) in [6.45, 7) is 0.668. The number of hydrogen-bond donors (Lipinski definition) is 2. The highest BCUT2D eigenvalue weighted by Gasteiger charge is 2.37. The Bertz CT molecular complexity index is 1120. The maximum atomic E-state index is 13.2. The zero-order valence-corrected chi connectivity index (χ0v) is 16.5. The van der Waals surface area contributed by atoms with Crippen molar-refractivity contribution in [1.82, 2.24) is 15.0 Å². The van der Waals surface area contributed by atoms with Crippen molar-refractivity contribution >= 4 is 11.9 Å². The third-order valence-electron chi connectivity index (χ3n) is 4.61. The summed E-state index contributed by atoms with van der Waals surface area (Å²) in [7, 11) is 0. The topological polar surface area (TPSA) is 106 Å². The van der Waals surface area contributed by atoms with Crippen LogP contribution in [0.3, 0.4) is 0 Å². The molecule has 32 heavy (non-hydrogen) atoms. The number of aromatic carboxylic acids is 1. The van der Waals surface area contributed by atoms with Gasteiger partial charge in [0.1, 0.15) is 17.4 Å². The Kier molecular flexibility index (Phi) is 5.91. The van der Waals surface area contributed by atoms with Crippen molar-refractivity contribution in [3.8, 4) is 17.1 Å². The number of nitrogens with one attached hydrogen (secondary N) is 1. The Balaban J connectivity index is 1.45. The van der Waals surface area contributed by atoms with E-state index in [1.807, 2.05) is 0 Å². The van der Waals surface area contributed by atoms with Gasteiger partial charge >= 0.3 is 12.1 Å². The fraction of sp³-hybridized carbons (Fsp3) is 0.238. The zero-order chi connectivity index (χ0) is 22.7. The molecule has 0 saturated carbocycles. The van der Waals surface area contributed by atoms with E-state index in [1.165, 1.54) is 6.07 Å². The summed E-state index contributed by atoms with van der Waals surface area (Å²) in [6, 6.07) is 11.8. The molecule has 1 fully saturated rings. The average Bonchev–Trinajstić information content (AvgIpc) is 2.74. The van der Waals surface area contributed by atoms with E-state index < -0.39 is 29.7 Å². The van der Waals surface area contributed by atoms with Crippen LogP contribution in [0.5, 0.6) is 5.88 Å². The summed E-state index contributed by atoms with van der Waals surface area (Å²) in [5, 5.41) is 11.9. The van der Waals surface area contributed by atoms with Gasteiger partial charge in [-0.05, 0) is 17.7 Å². The van der Waals surface area contributed by atoms with Gasteiger partial charge in [0.25, 0.3) is 0 Å². The minimum atomic E-state index is -4.64. The number of anilines is 1. The highest BCUT2D eigenvalue weighted by Crippen LogP contribution is 2.36.